The second-order valence-electron chi connectivity index (χ2n) is 5.38. The molecule has 1 fully saturated rings. The Morgan fingerprint density at radius 3 is 2.50 bits per heavy atom. The normalized spacial score (nSPS) is 33.4. The summed E-state index contributed by atoms with van der Waals surface area (Å²) in [5.41, 5.74) is -0.282. The van der Waals surface area contributed by atoms with Crippen molar-refractivity contribution < 1.29 is 19.0 Å². The van der Waals surface area contributed by atoms with Crippen LogP contribution in [0.3, 0.4) is 0 Å². The van der Waals surface area contributed by atoms with Crippen molar-refractivity contribution in [2.75, 3.05) is 14.2 Å². The molecule has 1 heterocycles. The lowest BCUT2D eigenvalue weighted by Crippen LogP contribution is -2.31. The quantitative estimate of drug-likeness (QED) is 0.687. The molecule has 0 N–H and O–H groups in total. The molecule has 1 saturated heterocycles. The number of hydrogen-bond donors (Lipinski definition) is 0. The maximum atomic E-state index is 11.7. The third-order valence-electron chi connectivity index (χ3n) is 3.94. The molecule has 0 amide bonds. The van der Waals surface area contributed by atoms with Crippen molar-refractivity contribution in [1.82, 2.24) is 0 Å². The maximum absolute atomic E-state index is 11.7. The summed E-state index contributed by atoms with van der Waals surface area (Å²) in [6.45, 7) is 6.22. The van der Waals surface area contributed by atoms with Gasteiger partial charge in [-0.1, -0.05) is 13.8 Å². The molecule has 0 radical (unpaired) electrons. The van der Waals surface area contributed by atoms with Crippen molar-refractivity contribution in [2.45, 2.75) is 58.3 Å². The first-order valence-corrected chi connectivity index (χ1v) is 6.78. The summed E-state index contributed by atoms with van der Waals surface area (Å²) < 4.78 is 16.2. The van der Waals surface area contributed by atoms with Crippen LogP contribution in [0, 0.1) is 11.8 Å². The predicted molar refractivity (Wildman–Crippen MR) is 69.1 cm³/mol. The van der Waals surface area contributed by atoms with Crippen molar-refractivity contribution in [1.29, 1.82) is 0 Å². The number of rotatable bonds is 6. The van der Waals surface area contributed by atoms with Gasteiger partial charge in [-0.05, 0) is 32.6 Å². The lowest BCUT2D eigenvalue weighted by atomic mass is 9.85. The second kappa shape index (κ2) is 6.53. The third-order valence-corrected chi connectivity index (χ3v) is 3.94. The zero-order valence-corrected chi connectivity index (χ0v) is 12.2. The van der Waals surface area contributed by atoms with E-state index < -0.39 is 0 Å². The molecule has 0 aliphatic carbocycles. The molecule has 1 aliphatic heterocycles. The van der Waals surface area contributed by atoms with Crippen LogP contribution in [0.15, 0.2) is 0 Å². The minimum Gasteiger partial charge on any atom is -0.469 e. The van der Waals surface area contributed by atoms with Gasteiger partial charge >= 0.3 is 5.97 Å². The summed E-state index contributed by atoms with van der Waals surface area (Å²) in [6.07, 6.45) is 3.31. The summed E-state index contributed by atoms with van der Waals surface area (Å²) in [7, 11) is 3.12. The van der Waals surface area contributed by atoms with Gasteiger partial charge in [0, 0.05) is 13.0 Å². The van der Waals surface area contributed by atoms with Gasteiger partial charge in [0.25, 0.3) is 0 Å². The van der Waals surface area contributed by atoms with Crippen LogP contribution in [-0.2, 0) is 19.0 Å². The van der Waals surface area contributed by atoms with Gasteiger partial charge in [-0.15, -0.1) is 0 Å². The maximum Gasteiger partial charge on any atom is 0.308 e. The summed E-state index contributed by atoms with van der Waals surface area (Å²) in [4.78, 5) is 11.7. The lowest BCUT2D eigenvalue weighted by molar-refractivity contribution is -0.171. The van der Waals surface area contributed by atoms with Crippen LogP contribution in [0.2, 0.25) is 0 Å². The molecule has 0 spiro atoms. The zero-order valence-electron chi connectivity index (χ0n) is 12.2. The van der Waals surface area contributed by atoms with Gasteiger partial charge in [-0.3, -0.25) is 4.79 Å². The molecule has 18 heavy (non-hydrogen) atoms. The molecule has 0 aromatic heterocycles. The molecular weight excluding hydrogens is 232 g/mol. The predicted octanol–water partition coefficient (Wildman–Crippen LogP) is 2.75. The lowest BCUT2D eigenvalue weighted by Gasteiger charge is -2.27. The van der Waals surface area contributed by atoms with Crippen LogP contribution in [-0.4, -0.2) is 32.1 Å². The average molecular weight is 258 g/mol. The number of hydrogen-bond acceptors (Lipinski definition) is 4. The van der Waals surface area contributed by atoms with Crippen LogP contribution in [0.25, 0.3) is 0 Å². The first-order chi connectivity index (χ1) is 8.49. The Hall–Kier alpha value is -0.610. The van der Waals surface area contributed by atoms with Gasteiger partial charge < -0.3 is 14.2 Å². The van der Waals surface area contributed by atoms with Gasteiger partial charge in [0.05, 0.1) is 18.6 Å². The Morgan fingerprint density at radius 2 is 2.11 bits per heavy atom. The fourth-order valence-corrected chi connectivity index (χ4v) is 2.87. The highest BCUT2D eigenvalue weighted by molar-refractivity contribution is 5.72. The molecular formula is C14H26O4. The Bertz CT molecular complexity index is 265. The van der Waals surface area contributed by atoms with Crippen molar-refractivity contribution in [3.05, 3.63) is 0 Å². The van der Waals surface area contributed by atoms with E-state index in [0.717, 1.165) is 19.3 Å². The average Bonchev–Trinajstić information content (AvgIpc) is 2.72. The molecule has 0 unspecified atom stereocenters. The van der Waals surface area contributed by atoms with E-state index in [2.05, 4.69) is 13.8 Å². The first kappa shape index (κ1) is 15.4. The topological polar surface area (TPSA) is 44.8 Å². The molecule has 4 heteroatoms. The van der Waals surface area contributed by atoms with Crippen molar-refractivity contribution in [2.24, 2.45) is 11.8 Å². The molecule has 0 aromatic carbocycles. The summed E-state index contributed by atoms with van der Waals surface area (Å²) in [5.74, 6) is 0.180. The van der Waals surface area contributed by atoms with Crippen LogP contribution in [0.4, 0.5) is 0 Å². The van der Waals surface area contributed by atoms with E-state index in [1.54, 1.807) is 7.11 Å². The molecule has 106 valence electrons. The smallest absolute Gasteiger partial charge is 0.308 e. The number of ether oxygens (including phenoxy) is 3. The molecule has 0 saturated carbocycles. The third kappa shape index (κ3) is 3.45. The molecule has 0 aromatic rings. The van der Waals surface area contributed by atoms with E-state index in [9.17, 15) is 4.79 Å². The molecule has 4 nitrogen and oxygen atoms in total. The van der Waals surface area contributed by atoms with E-state index in [1.165, 1.54) is 7.11 Å². The summed E-state index contributed by atoms with van der Waals surface area (Å²) in [5, 5.41) is 0. The Balaban J connectivity index is 2.68. The van der Waals surface area contributed by atoms with Crippen molar-refractivity contribution >= 4 is 5.97 Å². The molecule has 1 rings (SSSR count). The van der Waals surface area contributed by atoms with Crippen molar-refractivity contribution in [3.8, 4) is 0 Å². The highest BCUT2D eigenvalue weighted by atomic mass is 16.7. The Labute approximate surface area is 110 Å². The fourth-order valence-electron chi connectivity index (χ4n) is 2.87. The van der Waals surface area contributed by atoms with Crippen LogP contribution in [0.5, 0.6) is 0 Å². The van der Waals surface area contributed by atoms with Gasteiger partial charge in [-0.2, -0.15) is 0 Å². The Kier molecular flexibility index (Phi) is 5.60. The number of carbonyl (C=O) groups is 1. The SMILES string of the molecule is CC[C@H](C[C@]1(C)C[C@@H](CC)[C@@H](OC)O1)C(=O)OC. The van der Waals surface area contributed by atoms with Crippen LogP contribution >= 0.6 is 0 Å². The monoisotopic (exact) mass is 258 g/mol. The second-order valence-corrected chi connectivity index (χ2v) is 5.38. The number of methoxy groups -OCH3 is 2. The molecule has 1 aliphatic rings. The highest BCUT2D eigenvalue weighted by Crippen LogP contribution is 2.41. The number of esters is 1. The van der Waals surface area contributed by atoms with E-state index in [4.69, 9.17) is 14.2 Å². The van der Waals surface area contributed by atoms with Gasteiger partial charge in [0.1, 0.15) is 0 Å². The minimum atomic E-state index is -0.282. The first-order valence-electron chi connectivity index (χ1n) is 6.78. The largest absolute Gasteiger partial charge is 0.469 e. The zero-order chi connectivity index (χ0) is 13.8. The summed E-state index contributed by atoms with van der Waals surface area (Å²) >= 11 is 0. The standard InChI is InChI=1S/C14H26O4/c1-6-10(12(15)16-4)8-14(3)9-11(7-2)13(17-5)18-14/h10-11,13H,6-9H2,1-5H3/t10-,11-,13+,14-/m1/s1. The fraction of sp³-hybridized carbons (Fsp3) is 0.929. The van der Waals surface area contributed by atoms with Crippen LogP contribution < -0.4 is 0 Å². The van der Waals surface area contributed by atoms with Gasteiger partial charge in [0.2, 0.25) is 0 Å². The van der Waals surface area contributed by atoms with E-state index in [1.807, 2.05) is 6.92 Å². The molecule has 0 bridgehead atoms. The van der Waals surface area contributed by atoms with E-state index in [0.29, 0.717) is 12.3 Å². The van der Waals surface area contributed by atoms with Gasteiger partial charge in [0.15, 0.2) is 6.29 Å². The highest BCUT2D eigenvalue weighted by Gasteiger charge is 2.44. The molecule has 4 atom stereocenters. The van der Waals surface area contributed by atoms with E-state index in [-0.39, 0.29) is 23.8 Å². The number of carbonyl (C=O) groups excluding carboxylic acids is 1. The summed E-state index contributed by atoms with van der Waals surface area (Å²) in [6, 6.07) is 0. The van der Waals surface area contributed by atoms with Gasteiger partial charge in [-0.25, -0.2) is 0 Å². The van der Waals surface area contributed by atoms with Crippen LogP contribution in [0.1, 0.15) is 46.5 Å². The van der Waals surface area contributed by atoms with Crippen molar-refractivity contribution in [3.63, 3.8) is 0 Å². The van der Waals surface area contributed by atoms with E-state index >= 15 is 0 Å². The Morgan fingerprint density at radius 1 is 1.44 bits per heavy atom. The minimum absolute atomic E-state index is 0.0897.